The molecule has 1 aromatic rings. The maximum atomic E-state index is 12.3. The van der Waals surface area contributed by atoms with E-state index in [2.05, 4.69) is 10.1 Å². The summed E-state index contributed by atoms with van der Waals surface area (Å²) in [5.74, 6) is -0.896. The van der Waals surface area contributed by atoms with Crippen molar-refractivity contribution in [3.63, 3.8) is 0 Å². The van der Waals surface area contributed by atoms with Gasteiger partial charge in [-0.3, -0.25) is 15.0 Å². The van der Waals surface area contributed by atoms with E-state index in [-0.39, 0.29) is 55.0 Å². The Bertz CT molecular complexity index is 721. The Morgan fingerprint density at radius 2 is 1.76 bits per heavy atom. The molecule has 1 fully saturated rings. The van der Waals surface area contributed by atoms with E-state index in [4.69, 9.17) is 10.1 Å². The second-order valence-corrected chi connectivity index (χ2v) is 7.08. The third-order valence-electron chi connectivity index (χ3n) is 4.47. The molecule has 2 rings (SSSR count). The van der Waals surface area contributed by atoms with E-state index in [0.29, 0.717) is 36.5 Å². The lowest BCUT2D eigenvalue weighted by atomic mass is 10.1. The number of ether oxygens (including phenoxy) is 2. The van der Waals surface area contributed by atoms with Crippen LogP contribution in [0.4, 0.5) is 0 Å². The number of halogens is 1. The molecule has 0 saturated carbocycles. The van der Waals surface area contributed by atoms with E-state index in [9.17, 15) is 14.4 Å². The molecular formula is C19H26IN3O5S. The van der Waals surface area contributed by atoms with E-state index in [1.807, 2.05) is 6.26 Å². The van der Waals surface area contributed by atoms with Gasteiger partial charge < -0.3 is 19.7 Å². The van der Waals surface area contributed by atoms with Crippen molar-refractivity contribution in [1.29, 1.82) is 5.41 Å². The molecule has 0 bridgehead atoms. The largest absolute Gasteiger partial charge is 0.467 e. The Labute approximate surface area is 191 Å². The zero-order valence-electron chi connectivity index (χ0n) is 16.4. The van der Waals surface area contributed by atoms with Crippen molar-refractivity contribution in [3.8, 4) is 0 Å². The highest BCUT2D eigenvalue weighted by Crippen LogP contribution is 2.14. The molecule has 0 atom stereocenters. The van der Waals surface area contributed by atoms with Crippen LogP contribution in [-0.2, 0) is 19.1 Å². The molecule has 1 saturated heterocycles. The van der Waals surface area contributed by atoms with Gasteiger partial charge in [0.1, 0.15) is 6.61 Å². The van der Waals surface area contributed by atoms with Crippen LogP contribution in [0.5, 0.6) is 0 Å². The number of rotatable bonds is 7. The number of nitrogens with zero attached hydrogens (tertiary/aromatic N) is 1. The summed E-state index contributed by atoms with van der Waals surface area (Å²) in [6.07, 6.45) is 3.03. The molecule has 1 aliphatic heterocycles. The van der Waals surface area contributed by atoms with Crippen molar-refractivity contribution in [2.45, 2.75) is 18.9 Å². The Morgan fingerprint density at radius 1 is 1.17 bits per heavy atom. The smallest absolute Gasteiger partial charge is 0.331 e. The molecule has 0 aromatic heterocycles. The lowest BCUT2D eigenvalue weighted by Crippen LogP contribution is -2.45. The van der Waals surface area contributed by atoms with E-state index in [1.54, 1.807) is 29.2 Å². The minimum atomic E-state index is -0.417. The molecule has 10 heteroatoms. The predicted molar refractivity (Wildman–Crippen MR) is 122 cm³/mol. The van der Waals surface area contributed by atoms with Crippen molar-refractivity contribution < 1.29 is 23.9 Å². The van der Waals surface area contributed by atoms with Gasteiger partial charge in [-0.2, -0.15) is 0 Å². The van der Waals surface area contributed by atoms with Crippen LogP contribution in [0, 0.1) is 5.41 Å². The Kier molecular flexibility index (Phi) is 11.2. The van der Waals surface area contributed by atoms with Gasteiger partial charge in [-0.15, -0.1) is 35.7 Å². The highest BCUT2D eigenvalue weighted by atomic mass is 127. The molecule has 29 heavy (non-hydrogen) atoms. The highest BCUT2D eigenvalue weighted by Gasteiger charge is 2.24. The van der Waals surface area contributed by atoms with Crippen LogP contribution in [0.2, 0.25) is 0 Å². The van der Waals surface area contributed by atoms with E-state index in [1.165, 1.54) is 18.9 Å². The number of methoxy groups -OCH3 is 1. The topological polar surface area (TPSA) is 109 Å². The standard InChI is InChI=1S/C19H25N3O5S.HI/c1-26-17(24)12-27-15-7-9-22(10-8-15)16(23)11-21-19(25)14-5-3-13(4-6-14)18(20)28-2;/h3-6,15,20H,7-12H2,1-2H3,(H,21,25);1H. The number of esters is 1. The number of nitrogens with one attached hydrogen (secondary N) is 2. The van der Waals surface area contributed by atoms with Crippen LogP contribution in [0.15, 0.2) is 24.3 Å². The van der Waals surface area contributed by atoms with Crippen LogP contribution in [0.1, 0.15) is 28.8 Å². The Morgan fingerprint density at radius 3 is 2.31 bits per heavy atom. The monoisotopic (exact) mass is 535 g/mol. The Hall–Kier alpha value is -1.66. The summed E-state index contributed by atoms with van der Waals surface area (Å²) in [6.45, 7) is 0.882. The fourth-order valence-electron chi connectivity index (χ4n) is 2.78. The zero-order chi connectivity index (χ0) is 20.5. The molecule has 0 radical (unpaired) electrons. The summed E-state index contributed by atoms with van der Waals surface area (Å²) < 4.78 is 9.99. The quantitative estimate of drug-likeness (QED) is 0.239. The molecule has 0 unspecified atom stereocenters. The molecule has 2 amide bonds. The molecule has 0 spiro atoms. The highest BCUT2D eigenvalue weighted by molar-refractivity contribution is 14.0. The maximum absolute atomic E-state index is 12.3. The number of carbonyl (C=O) groups is 3. The van der Waals surface area contributed by atoms with E-state index >= 15 is 0 Å². The fraction of sp³-hybridized carbons (Fsp3) is 0.474. The molecule has 2 N–H and O–H groups in total. The molecule has 1 aromatic carbocycles. The second kappa shape index (κ2) is 12.8. The number of piperidine rings is 1. The van der Waals surface area contributed by atoms with Gasteiger partial charge in [0.15, 0.2) is 0 Å². The molecule has 1 aliphatic rings. The first-order chi connectivity index (χ1) is 13.4. The Balaban J connectivity index is 0.00000420. The minimum absolute atomic E-state index is 0. The third kappa shape index (κ3) is 7.94. The SMILES string of the molecule is COC(=O)COC1CCN(C(=O)CNC(=O)c2ccc(C(=N)SC)cc2)CC1.I. The van der Waals surface area contributed by atoms with Crippen molar-refractivity contribution in [2.24, 2.45) is 0 Å². The summed E-state index contributed by atoms with van der Waals surface area (Å²) in [5.41, 5.74) is 1.19. The van der Waals surface area contributed by atoms with Crippen molar-refractivity contribution in [3.05, 3.63) is 35.4 Å². The first kappa shape index (κ1) is 25.4. The number of hydrogen-bond donors (Lipinski definition) is 2. The lowest BCUT2D eigenvalue weighted by molar-refractivity contribution is -0.150. The van der Waals surface area contributed by atoms with Crippen LogP contribution in [0.3, 0.4) is 0 Å². The van der Waals surface area contributed by atoms with Crippen LogP contribution < -0.4 is 5.32 Å². The summed E-state index contributed by atoms with van der Waals surface area (Å²) >= 11 is 1.33. The number of hydrogen-bond acceptors (Lipinski definition) is 7. The predicted octanol–water partition coefficient (Wildman–Crippen LogP) is 1.90. The maximum Gasteiger partial charge on any atom is 0.331 e. The average Bonchev–Trinajstić information content (AvgIpc) is 2.75. The summed E-state index contributed by atoms with van der Waals surface area (Å²) in [6, 6.07) is 6.72. The number of thioether (sulfide) groups is 1. The number of carbonyl (C=O) groups excluding carboxylic acids is 3. The molecule has 1 heterocycles. The van der Waals surface area contributed by atoms with Gasteiger partial charge >= 0.3 is 5.97 Å². The first-order valence-corrected chi connectivity index (χ1v) is 10.1. The van der Waals surface area contributed by atoms with Gasteiger partial charge in [0, 0.05) is 24.2 Å². The van der Waals surface area contributed by atoms with E-state index < -0.39 is 5.97 Å². The average molecular weight is 535 g/mol. The number of benzene rings is 1. The lowest BCUT2D eigenvalue weighted by Gasteiger charge is -2.31. The molecule has 0 aliphatic carbocycles. The summed E-state index contributed by atoms with van der Waals surface area (Å²) in [5, 5.41) is 10.8. The fourth-order valence-corrected chi connectivity index (χ4v) is 3.15. The molecule has 160 valence electrons. The molecule has 8 nitrogen and oxygen atoms in total. The first-order valence-electron chi connectivity index (χ1n) is 8.92. The van der Waals surface area contributed by atoms with Crippen molar-refractivity contribution in [1.82, 2.24) is 10.2 Å². The van der Waals surface area contributed by atoms with Gasteiger partial charge in [0.25, 0.3) is 5.91 Å². The van der Waals surface area contributed by atoms with Gasteiger partial charge in [-0.1, -0.05) is 12.1 Å². The summed E-state index contributed by atoms with van der Waals surface area (Å²) in [4.78, 5) is 37.3. The van der Waals surface area contributed by atoms with Crippen LogP contribution in [-0.4, -0.2) is 73.4 Å². The minimum Gasteiger partial charge on any atom is -0.467 e. The zero-order valence-corrected chi connectivity index (χ0v) is 19.6. The van der Waals surface area contributed by atoms with Crippen LogP contribution in [0.25, 0.3) is 0 Å². The van der Waals surface area contributed by atoms with Crippen molar-refractivity contribution >= 4 is 58.6 Å². The number of amides is 2. The molecular weight excluding hydrogens is 509 g/mol. The van der Waals surface area contributed by atoms with Crippen molar-refractivity contribution in [2.75, 3.05) is 39.6 Å². The summed E-state index contributed by atoms with van der Waals surface area (Å²) in [7, 11) is 1.31. The normalized spacial score (nSPS) is 13.9. The van der Waals surface area contributed by atoms with Gasteiger partial charge in [0.2, 0.25) is 5.91 Å². The second-order valence-electron chi connectivity index (χ2n) is 6.26. The van der Waals surface area contributed by atoms with Gasteiger partial charge in [-0.05, 0) is 31.2 Å². The number of likely N-dealkylation sites (tertiary alicyclic amines) is 1. The van der Waals surface area contributed by atoms with Gasteiger partial charge in [0.05, 0.1) is 24.8 Å². The van der Waals surface area contributed by atoms with E-state index in [0.717, 1.165) is 5.56 Å². The third-order valence-corrected chi connectivity index (χ3v) is 5.12. The van der Waals surface area contributed by atoms with Crippen LogP contribution >= 0.6 is 35.7 Å². The van der Waals surface area contributed by atoms with Gasteiger partial charge in [-0.25, -0.2) is 4.79 Å².